The average molecular weight is 345 g/mol. The molecule has 1 fully saturated rings. The molecule has 2 aromatic rings. The Hall–Kier alpha value is -1.55. The Bertz CT molecular complexity index is 639. The second kappa shape index (κ2) is 8.52. The first-order chi connectivity index (χ1) is 11.7. The van der Waals surface area contributed by atoms with Gasteiger partial charge in [0.05, 0.1) is 0 Å². The predicted octanol–water partition coefficient (Wildman–Crippen LogP) is 3.56. The van der Waals surface area contributed by atoms with Gasteiger partial charge >= 0.3 is 0 Å². The molecule has 3 rings (SSSR count). The van der Waals surface area contributed by atoms with Crippen molar-refractivity contribution in [1.29, 1.82) is 0 Å². The summed E-state index contributed by atoms with van der Waals surface area (Å²) in [5.41, 5.74) is 2.41. The summed E-state index contributed by atoms with van der Waals surface area (Å²) in [7, 11) is 2.18. The quantitative estimate of drug-likeness (QED) is 0.797. The van der Waals surface area contributed by atoms with Crippen molar-refractivity contribution in [1.82, 2.24) is 9.80 Å². The Morgan fingerprint density at radius 3 is 2.50 bits per heavy atom. The van der Waals surface area contributed by atoms with Gasteiger partial charge in [0, 0.05) is 44.2 Å². The van der Waals surface area contributed by atoms with E-state index in [1.807, 2.05) is 24.3 Å². The van der Waals surface area contributed by atoms with Gasteiger partial charge in [0.15, 0.2) is 0 Å². The Kier molecular flexibility index (Phi) is 6.13. The number of piperazine rings is 1. The third-order valence-electron chi connectivity index (χ3n) is 4.52. The van der Waals surface area contributed by atoms with E-state index in [0.29, 0.717) is 6.61 Å². The smallest absolute Gasteiger partial charge is 0.122 e. The topological polar surface area (TPSA) is 15.7 Å². The molecule has 0 atom stereocenters. The molecular formula is C20H25ClN2O. The molecular weight excluding hydrogens is 320 g/mol. The van der Waals surface area contributed by atoms with E-state index >= 15 is 0 Å². The lowest BCUT2D eigenvalue weighted by atomic mass is 10.0. The van der Waals surface area contributed by atoms with E-state index in [2.05, 4.69) is 41.1 Å². The maximum absolute atomic E-state index is 6.18. The highest BCUT2D eigenvalue weighted by Crippen LogP contribution is 2.25. The van der Waals surface area contributed by atoms with Crippen LogP contribution in [0.5, 0.6) is 5.75 Å². The molecule has 1 aliphatic heterocycles. The van der Waals surface area contributed by atoms with Crippen LogP contribution in [-0.2, 0) is 6.42 Å². The van der Waals surface area contributed by atoms with E-state index in [0.717, 1.165) is 55.5 Å². The van der Waals surface area contributed by atoms with Crippen LogP contribution in [0.3, 0.4) is 0 Å². The zero-order chi connectivity index (χ0) is 16.8. The van der Waals surface area contributed by atoms with Gasteiger partial charge in [0.25, 0.3) is 0 Å². The lowest BCUT2D eigenvalue weighted by Gasteiger charge is -2.32. The van der Waals surface area contributed by atoms with E-state index in [1.165, 1.54) is 5.56 Å². The van der Waals surface area contributed by atoms with Crippen LogP contribution in [0.2, 0.25) is 5.02 Å². The number of likely N-dealkylation sites (N-methyl/N-ethyl adjacent to an activating group) is 1. The molecule has 2 aromatic carbocycles. The minimum absolute atomic E-state index is 0.715. The van der Waals surface area contributed by atoms with Crippen LogP contribution in [0.4, 0.5) is 0 Å². The van der Waals surface area contributed by atoms with Crippen LogP contribution in [0.1, 0.15) is 11.1 Å². The van der Waals surface area contributed by atoms with Crippen LogP contribution >= 0.6 is 11.6 Å². The molecule has 0 radical (unpaired) electrons. The Labute approximate surface area is 149 Å². The van der Waals surface area contributed by atoms with Crippen molar-refractivity contribution in [3.63, 3.8) is 0 Å². The molecule has 0 bridgehead atoms. The Morgan fingerprint density at radius 2 is 1.75 bits per heavy atom. The molecule has 24 heavy (non-hydrogen) atoms. The van der Waals surface area contributed by atoms with Gasteiger partial charge in [-0.2, -0.15) is 0 Å². The van der Waals surface area contributed by atoms with E-state index < -0.39 is 0 Å². The van der Waals surface area contributed by atoms with Gasteiger partial charge in [-0.05, 0) is 36.4 Å². The largest absolute Gasteiger partial charge is 0.492 e. The van der Waals surface area contributed by atoms with Crippen molar-refractivity contribution in [2.75, 3.05) is 46.4 Å². The summed E-state index contributed by atoms with van der Waals surface area (Å²) in [6.07, 6.45) is 0.839. The first-order valence-electron chi connectivity index (χ1n) is 8.57. The number of rotatable bonds is 6. The minimum Gasteiger partial charge on any atom is -0.492 e. The van der Waals surface area contributed by atoms with Crippen molar-refractivity contribution in [3.8, 4) is 5.75 Å². The number of hydrogen-bond acceptors (Lipinski definition) is 3. The monoisotopic (exact) mass is 344 g/mol. The molecule has 3 nitrogen and oxygen atoms in total. The number of benzene rings is 2. The maximum atomic E-state index is 6.18. The zero-order valence-electron chi connectivity index (χ0n) is 14.2. The predicted molar refractivity (Wildman–Crippen MR) is 100 cm³/mol. The van der Waals surface area contributed by atoms with Crippen molar-refractivity contribution in [2.24, 2.45) is 0 Å². The number of nitrogens with zero attached hydrogens (tertiary/aromatic N) is 2. The lowest BCUT2D eigenvalue weighted by molar-refractivity contribution is 0.133. The molecule has 1 heterocycles. The fourth-order valence-electron chi connectivity index (χ4n) is 3.00. The SMILES string of the molecule is CN1CCN(CCOc2ccc(Cl)cc2Cc2ccccc2)CC1. The first-order valence-corrected chi connectivity index (χ1v) is 8.94. The van der Waals surface area contributed by atoms with Gasteiger partial charge in [-0.15, -0.1) is 0 Å². The standard InChI is InChI=1S/C20H25ClN2O/c1-22-9-11-23(12-10-22)13-14-24-20-8-7-19(21)16-18(20)15-17-5-3-2-4-6-17/h2-8,16H,9-15H2,1H3. The van der Waals surface area contributed by atoms with E-state index in [4.69, 9.17) is 16.3 Å². The molecule has 4 heteroatoms. The summed E-state index contributed by atoms with van der Waals surface area (Å²) >= 11 is 6.18. The van der Waals surface area contributed by atoms with Crippen LogP contribution in [0.25, 0.3) is 0 Å². The van der Waals surface area contributed by atoms with Gasteiger partial charge in [0.1, 0.15) is 12.4 Å². The van der Waals surface area contributed by atoms with Gasteiger partial charge in [-0.25, -0.2) is 0 Å². The summed E-state index contributed by atoms with van der Waals surface area (Å²) in [5.74, 6) is 0.942. The maximum Gasteiger partial charge on any atom is 0.122 e. The number of ether oxygens (including phenoxy) is 1. The van der Waals surface area contributed by atoms with Gasteiger partial charge < -0.3 is 9.64 Å². The van der Waals surface area contributed by atoms with Crippen molar-refractivity contribution < 1.29 is 4.74 Å². The molecule has 0 aromatic heterocycles. The van der Waals surface area contributed by atoms with Crippen molar-refractivity contribution in [2.45, 2.75) is 6.42 Å². The zero-order valence-corrected chi connectivity index (χ0v) is 15.0. The summed E-state index contributed by atoms with van der Waals surface area (Å²) < 4.78 is 6.08. The van der Waals surface area contributed by atoms with Crippen LogP contribution in [0.15, 0.2) is 48.5 Å². The van der Waals surface area contributed by atoms with Gasteiger partial charge in [0.2, 0.25) is 0 Å². The highest BCUT2D eigenvalue weighted by molar-refractivity contribution is 6.30. The fraction of sp³-hybridized carbons (Fsp3) is 0.400. The van der Waals surface area contributed by atoms with E-state index in [9.17, 15) is 0 Å². The van der Waals surface area contributed by atoms with Crippen LogP contribution < -0.4 is 4.74 Å². The minimum atomic E-state index is 0.715. The van der Waals surface area contributed by atoms with E-state index in [-0.39, 0.29) is 0 Å². The molecule has 0 spiro atoms. The average Bonchev–Trinajstić information content (AvgIpc) is 2.59. The molecule has 0 aliphatic carbocycles. The second-order valence-corrected chi connectivity index (χ2v) is 6.84. The summed E-state index contributed by atoms with van der Waals surface area (Å²) in [4.78, 5) is 4.83. The molecule has 0 saturated carbocycles. The number of halogens is 1. The summed E-state index contributed by atoms with van der Waals surface area (Å²) in [6, 6.07) is 16.3. The van der Waals surface area contributed by atoms with Gasteiger partial charge in [-0.1, -0.05) is 41.9 Å². The molecule has 1 aliphatic rings. The van der Waals surface area contributed by atoms with Crippen molar-refractivity contribution in [3.05, 3.63) is 64.7 Å². The van der Waals surface area contributed by atoms with Crippen LogP contribution in [0, 0.1) is 0 Å². The molecule has 0 amide bonds. The van der Waals surface area contributed by atoms with Gasteiger partial charge in [-0.3, -0.25) is 4.90 Å². The third kappa shape index (κ3) is 4.97. The molecule has 128 valence electrons. The van der Waals surface area contributed by atoms with Crippen molar-refractivity contribution >= 4 is 11.6 Å². The Balaban J connectivity index is 1.58. The second-order valence-electron chi connectivity index (χ2n) is 6.41. The van der Waals surface area contributed by atoms with E-state index in [1.54, 1.807) is 0 Å². The van der Waals surface area contributed by atoms with Crippen LogP contribution in [-0.4, -0.2) is 56.2 Å². The molecule has 0 N–H and O–H groups in total. The lowest BCUT2D eigenvalue weighted by Crippen LogP contribution is -2.45. The molecule has 0 unspecified atom stereocenters. The highest BCUT2D eigenvalue weighted by atomic mass is 35.5. The highest BCUT2D eigenvalue weighted by Gasteiger charge is 2.13. The number of hydrogen-bond donors (Lipinski definition) is 0. The fourth-order valence-corrected chi connectivity index (χ4v) is 3.19. The summed E-state index contributed by atoms with van der Waals surface area (Å²) in [6.45, 7) is 6.21. The summed E-state index contributed by atoms with van der Waals surface area (Å²) in [5, 5.41) is 0.757. The Morgan fingerprint density at radius 1 is 1.00 bits per heavy atom. The normalized spacial score (nSPS) is 16.2. The third-order valence-corrected chi connectivity index (χ3v) is 4.76. The first kappa shape index (κ1) is 17.3. The molecule has 1 saturated heterocycles.